The molecule has 0 saturated heterocycles. The summed E-state index contributed by atoms with van der Waals surface area (Å²) in [6.45, 7) is 6.56. The van der Waals surface area contributed by atoms with E-state index in [4.69, 9.17) is 19.8 Å². The van der Waals surface area contributed by atoms with E-state index in [1.54, 1.807) is 0 Å². The smallest absolute Gasteiger partial charge is 0.161 e. The lowest BCUT2D eigenvalue weighted by Gasteiger charge is -2.19. The molecule has 54 heavy (non-hydrogen) atoms. The molecule has 2 heterocycles. The number of hydrogen-bond acceptors (Lipinski definition) is 2. The normalized spacial score (nSPS) is 12.5. The first kappa shape index (κ1) is 33.0. The largest absolute Gasteiger partial charge is 0.455 e. The highest BCUT2D eigenvalue weighted by atomic mass is 16.3. The highest BCUT2D eigenvalue weighted by molar-refractivity contribution is 6.14. The Hall–Kier alpha value is -6.85. The summed E-state index contributed by atoms with van der Waals surface area (Å²) in [5.74, 6) is 0.645. The molecule has 0 unspecified atom stereocenters. The van der Waals surface area contributed by atoms with Crippen LogP contribution >= 0.6 is 0 Å². The fourth-order valence-corrected chi connectivity index (χ4v) is 7.32. The first-order valence-corrected chi connectivity index (χ1v) is 18.2. The Morgan fingerprint density at radius 2 is 1.31 bits per heavy atom. The zero-order chi connectivity index (χ0) is 36.8. The highest BCUT2D eigenvalue weighted by Crippen LogP contribution is 2.39. The van der Waals surface area contributed by atoms with Crippen molar-refractivity contribution in [2.45, 2.75) is 26.2 Å². The maximum Gasteiger partial charge on any atom is 0.161 e. The van der Waals surface area contributed by atoms with Crippen molar-refractivity contribution in [3.63, 3.8) is 0 Å². The number of hydrogen-bond donors (Lipinski definition) is 1. The molecular weight excluding hydrogens is 661 g/mol. The van der Waals surface area contributed by atoms with Crippen LogP contribution in [0.1, 0.15) is 43.0 Å². The fourth-order valence-electron chi connectivity index (χ4n) is 7.32. The second-order valence-corrected chi connectivity index (χ2v) is 14.7. The summed E-state index contributed by atoms with van der Waals surface area (Å²) in [6.07, 6.45) is 1.84. The summed E-state index contributed by atoms with van der Waals surface area (Å²) in [5.41, 5.74) is 10.9. The lowest BCUT2D eigenvalue weighted by molar-refractivity contribution is 0.590. The maximum absolute atomic E-state index is 8.88. The van der Waals surface area contributed by atoms with Crippen molar-refractivity contribution < 1.29 is 4.42 Å². The van der Waals surface area contributed by atoms with Crippen LogP contribution in [0.3, 0.4) is 0 Å². The van der Waals surface area contributed by atoms with Gasteiger partial charge in [0.25, 0.3) is 0 Å². The molecule has 9 rings (SSSR count). The van der Waals surface area contributed by atoms with Gasteiger partial charge in [0, 0.05) is 50.1 Å². The minimum atomic E-state index is 0.0314. The van der Waals surface area contributed by atoms with Crippen LogP contribution in [-0.2, 0) is 5.41 Å². The number of aliphatic imine (C=N–C) groups is 2. The van der Waals surface area contributed by atoms with Gasteiger partial charge in [0.2, 0.25) is 0 Å². The molecule has 7 aromatic carbocycles. The van der Waals surface area contributed by atoms with E-state index in [0.29, 0.717) is 5.84 Å². The van der Waals surface area contributed by atoms with Crippen molar-refractivity contribution in [3.05, 3.63) is 186 Å². The quantitative estimate of drug-likeness (QED) is 0.141. The Bertz CT molecular complexity index is 2920. The van der Waals surface area contributed by atoms with Crippen LogP contribution in [0, 0.1) is 5.41 Å². The minimum Gasteiger partial charge on any atom is -0.455 e. The van der Waals surface area contributed by atoms with E-state index in [1.165, 1.54) is 16.3 Å². The van der Waals surface area contributed by atoms with Crippen molar-refractivity contribution >= 4 is 61.6 Å². The Morgan fingerprint density at radius 3 is 2.13 bits per heavy atom. The predicted molar refractivity (Wildman–Crippen MR) is 226 cm³/mol. The molecule has 0 amide bonds. The van der Waals surface area contributed by atoms with E-state index in [2.05, 4.69) is 128 Å². The van der Waals surface area contributed by atoms with E-state index in [1.807, 2.05) is 66.9 Å². The predicted octanol–water partition coefficient (Wildman–Crippen LogP) is 12.5. The molecule has 5 nitrogen and oxygen atoms in total. The topological polar surface area (TPSA) is 66.6 Å². The maximum atomic E-state index is 8.88. The molecule has 0 radical (unpaired) electrons. The van der Waals surface area contributed by atoms with Gasteiger partial charge in [-0.2, -0.15) is 0 Å². The van der Waals surface area contributed by atoms with Crippen LogP contribution in [-0.4, -0.2) is 22.5 Å². The number of nitrogens with zero attached hydrogens (tertiary/aromatic N) is 3. The van der Waals surface area contributed by atoms with Crippen LogP contribution in [0.15, 0.2) is 178 Å². The lowest BCUT2D eigenvalue weighted by atomic mass is 9.86. The first-order chi connectivity index (χ1) is 26.3. The molecule has 0 aliphatic carbocycles. The number of rotatable bonds is 5. The van der Waals surface area contributed by atoms with Crippen molar-refractivity contribution in [1.29, 1.82) is 5.41 Å². The molecule has 0 fully saturated rings. The Kier molecular flexibility index (Phi) is 8.12. The van der Waals surface area contributed by atoms with Crippen molar-refractivity contribution in [2.75, 3.05) is 0 Å². The van der Waals surface area contributed by atoms with E-state index < -0.39 is 0 Å². The second-order valence-electron chi connectivity index (χ2n) is 14.7. The molecule has 2 aromatic heterocycles. The van der Waals surface area contributed by atoms with Crippen molar-refractivity contribution in [1.82, 2.24) is 4.57 Å². The van der Waals surface area contributed by atoms with Gasteiger partial charge in [-0.15, -0.1) is 0 Å². The standard InChI is InChI=1S/C49H38N4O/c1-49(2,3)36-26-23-33(24-27-36)47(50)52-48(34-14-5-4-6-15-34)51-31-32-13-11-16-37(29-32)53-43-21-9-7-17-39(43)40-28-25-35(30-44(40)53)38-19-12-20-42-41-18-8-10-22-45(41)54-46(38)42/h4-31,50H,1-3H3. The molecular formula is C49H38N4O. The number of fused-ring (bicyclic) bond motifs is 6. The van der Waals surface area contributed by atoms with E-state index >= 15 is 0 Å². The number of para-hydroxylation sites is 3. The van der Waals surface area contributed by atoms with Gasteiger partial charge in [-0.25, -0.2) is 9.98 Å². The van der Waals surface area contributed by atoms with Crippen LogP contribution in [0.25, 0.3) is 60.6 Å². The zero-order valence-corrected chi connectivity index (χ0v) is 30.4. The van der Waals surface area contributed by atoms with Gasteiger partial charge < -0.3 is 8.98 Å². The average molecular weight is 699 g/mol. The van der Waals surface area contributed by atoms with E-state index in [9.17, 15) is 0 Å². The van der Waals surface area contributed by atoms with E-state index in [-0.39, 0.29) is 11.3 Å². The average Bonchev–Trinajstić information content (AvgIpc) is 3.75. The first-order valence-electron chi connectivity index (χ1n) is 18.2. The van der Waals surface area contributed by atoms with Crippen LogP contribution in [0.5, 0.6) is 0 Å². The molecule has 1 N–H and O–H groups in total. The third-order valence-corrected chi connectivity index (χ3v) is 10.1. The Balaban J connectivity index is 1.12. The van der Waals surface area contributed by atoms with Crippen LogP contribution in [0.4, 0.5) is 0 Å². The van der Waals surface area contributed by atoms with Gasteiger partial charge in [0.1, 0.15) is 11.2 Å². The third kappa shape index (κ3) is 6.00. The summed E-state index contributed by atoms with van der Waals surface area (Å²) < 4.78 is 8.77. The summed E-state index contributed by atoms with van der Waals surface area (Å²) in [5, 5.41) is 13.5. The molecule has 0 atom stereocenters. The third-order valence-electron chi connectivity index (χ3n) is 10.1. The molecule has 0 bridgehead atoms. The summed E-state index contributed by atoms with van der Waals surface area (Å²) >= 11 is 0. The van der Waals surface area contributed by atoms with Gasteiger partial charge in [0.05, 0.1) is 11.0 Å². The number of benzene rings is 7. The fraction of sp³-hybridized carbons (Fsp3) is 0.0816. The summed E-state index contributed by atoms with van der Waals surface area (Å²) in [6, 6.07) is 56.2. The molecule has 0 aliphatic rings. The van der Waals surface area contributed by atoms with Gasteiger partial charge >= 0.3 is 0 Å². The molecule has 260 valence electrons. The van der Waals surface area contributed by atoms with Crippen molar-refractivity contribution in [3.8, 4) is 16.8 Å². The highest BCUT2D eigenvalue weighted by Gasteiger charge is 2.17. The lowest BCUT2D eigenvalue weighted by Crippen LogP contribution is -2.11. The number of amidine groups is 2. The van der Waals surface area contributed by atoms with E-state index in [0.717, 1.165) is 66.5 Å². The SMILES string of the molecule is CC(C)(C)c1ccc(C(=N)N=C(N=Cc2cccc(-n3c4ccccc4c4ccc(-c5cccc6c5oc5ccccc56)cc43)c2)c2ccccc2)cc1. The van der Waals surface area contributed by atoms with Crippen LogP contribution < -0.4 is 0 Å². The van der Waals surface area contributed by atoms with Crippen LogP contribution in [0.2, 0.25) is 0 Å². The molecule has 0 aliphatic heterocycles. The summed E-state index contributed by atoms with van der Waals surface area (Å²) in [4.78, 5) is 9.64. The molecule has 9 aromatic rings. The minimum absolute atomic E-state index is 0.0314. The molecule has 0 spiro atoms. The number of furan rings is 1. The molecule has 5 heteroatoms. The van der Waals surface area contributed by atoms with Gasteiger partial charge in [-0.3, -0.25) is 5.41 Å². The number of aromatic nitrogens is 1. The van der Waals surface area contributed by atoms with Gasteiger partial charge in [-0.1, -0.05) is 154 Å². The Labute approximate surface area is 314 Å². The van der Waals surface area contributed by atoms with Crippen molar-refractivity contribution in [2.24, 2.45) is 9.98 Å². The second kappa shape index (κ2) is 13.3. The summed E-state index contributed by atoms with van der Waals surface area (Å²) in [7, 11) is 0. The monoisotopic (exact) mass is 698 g/mol. The molecule has 0 saturated carbocycles. The Morgan fingerprint density at radius 1 is 0.611 bits per heavy atom. The van der Waals surface area contributed by atoms with Gasteiger partial charge in [-0.05, 0) is 52.4 Å². The number of nitrogens with one attached hydrogen (secondary N) is 1. The zero-order valence-electron chi connectivity index (χ0n) is 30.4. The van der Waals surface area contributed by atoms with Gasteiger partial charge in [0.15, 0.2) is 11.7 Å².